The lowest BCUT2D eigenvalue weighted by Crippen LogP contribution is -2.45. The van der Waals surface area contributed by atoms with Gasteiger partial charge in [-0.1, -0.05) is 37.4 Å². The molecule has 1 saturated carbocycles. The number of hydrogen-bond acceptors (Lipinski definition) is 4. The van der Waals surface area contributed by atoms with Gasteiger partial charge in [-0.05, 0) is 32.4 Å². The Balaban J connectivity index is 2.03. The van der Waals surface area contributed by atoms with Gasteiger partial charge in [0.25, 0.3) is 0 Å². The molecule has 6 nitrogen and oxygen atoms in total. The predicted molar refractivity (Wildman–Crippen MR) is 126 cm³/mol. The Labute approximate surface area is 191 Å². The number of anilines is 1. The van der Waals surface area contributed by atoms with Crippen LogP contribution in [-0.2, 0) is 0 Å². The second-order valence-corrected chi connectivity index (χ2v) is 9.19. The van der Waals surface area contributed by atoms with Gasteiger partial charge in [0.15, 0.2) is 0 Å². The highest BCUT2D eigenvalue weighted by Crippen LogP contribution is 2.43. The zero-order chi connectivity index (χ0) is 23.0. The Morgan fingerprint density at radius 2 is 1.97 bits per heavy atom. The fourth-order valence-corrected chi connectivity index (χ4v) is 4.66. The molecule has 0 atom stereocenters. The summed E-state index contributed by atoms with van der Waals surface area (Å²) < 4.78 is 17.5. The minimum Gasteiger partial charge on any atom is -0.477 e. The highest BCUT2D eigenvalue weighted by molar-refractivity contribution is 6.50. The van der Waals surface area contributed by atoms with E-state index in [1.165, 1.54) is 12.3 Å². The minimum atomic E-state index is -1.30. The Kier molecular flexibility index (Phi) is 6.58. The van der Waals surface area contributed by atoms with Crippen LogP contribution in [0.4, 0.5) is 10.1 Å². The van der Waals surface area contributed by atoms with E-state index in [1.807, 2.05) is 22.6 Å². The van der Waals surface area contributed by atoms with Crippen molar-refractivity contribution in [3.63, 3.8) is 0 Å². The number of allylic oxidation sites excluding steroid dienone is 1. The molecule has 2 aromatic rings. The van der Waals surface area contributed by atoms with Gasteiger partial charge in [-0.25, -0.2) is 9.18 Å². The number of pyridine rings is 1. The van der Waals surface area contributed by atoms with Crippen LogP contribution in [0.25, 0.3) is 15.9 Å². The number of carboxylic acids is 1. The first kappa shape index (κ1) is 22.8. The summed E-state index contributed by atoms with van der Waals surface area (Å²) in [6.45, 7) is 4.97. The van der Waals surface area contributed by atoms with Crippen molar-refractivity contribution in [3.05, 3.63) is 45.5 Å². The summed E-state index contributed by atoms with van der Waals surface area (Å²) in [4.78, 5) is 28.9. The Morgan fingerprint density at radius 1 is 1.28 bits per heavy atom. The van der Waals surface area contributed by atoms with Crippen molar-refractivity contribution >= 4 is 39.2 Å². The molecule has 1 aromatic heterocycles. The summed E-state index contributed by atoms with van der Waals surface area (Å²) in [6, 6.07) is 1.29. The number of piperazine rings is 1. The van der Waals surface area contributed by atoms with Crippen LogP contribution < -0.4 is 10.3 Å². The average molecular weight is 462 g/mol. The van der Waals surface area contributed by atoms with Gasteiger partial charge in [0.05, 0.1) is 16.6 Å². The second-order valence-electron chi connectivity index (χ2n) is 8.78. The number of benzene rings is 1. The first-order valence-electron chi connectivity index (χ1n) is 11.3. The van der Waals surface area contributed by atoms with E-state index in [4.69, 9.17) is 11.6 Å². The Morgan fingerprint density at radius 3 is 2.56 bits per heavy atom. The van der Waals surface area contributed by atoms with Crippen molar-refractivity contribution < 1.29 is 14.3 Å². The van der Waals surface area contributed by atoms with Gasteiger partial charge in [-0.3, -0.25) is 4.79 Å². The smallest absolute Gasteiger partial charge is 0.341 e. The van der Waals surface area contributed by atoms with Gasteiger partial charge in [-0.2, -0.15) is 0 Å². The largest absolute Gasteiger partial charge is 0.477 e. The van der Waals surface area contributed by atoms with E-state index in [-0.39, 0.29) is 17.0 Å². The number of aromatic nitrogens is 1. The molecule has 2 fully saturated rings. The van der Waals surface area contributed by atoms with E-state index in [1.54, 1.807) is 0 Å². The van der Waals surface area contributed by atoms with E-state index < -0.39 is 17.2 Å². The summed E-state index contributed by atoms with van der Waals surface area (Å²) in [5, 5.41) is 10.1. The number of aromatic carboxylic acids is 1. The van der Waals surface area contributed by atoms with Crippen LogP contribution >= 0.6 is 11.6 Å². The molecule has 2 heterocycles. The third-order valence-electron chi connectivity index (χ3n) is 6.35. The van der Waals surface area contributed by atoms with Crippen LogP contribution in [0.15, 0.2) is 23.1 Å². The van der Waals surface area contributed by atoms with Crippen molar-refractivity contribution in [2.45, 2.75) is 45.1 Å². The van der Waals surface area contributed by atoms with Gasteiger partial charge < -0.3 is 19.5 Å². The van der Waals surface area contributed by atoms with Crippen molar-refractivity contribution in [2.75, 3.05) is 38.1 Å². The van der Waals surface area contributed by atoms with E-state index in [9.17, 15) is 14.7 Å². The molecular weight excluding hydrogens is 433 g/mol. The molecular formula is C24H29ClFN3O3. The van der Waals surface area contributed by atoms with Crippen LogP contribution in [0.5, 0.6) is 0 Å². The van der Waals surface area contributed by atoms with E-state index in [2.05, 4.69) is 11.8 Å². The zero-order valence-electron chi connectivity index (χ0n) is 18.5. The highest BCUT2D eigenvalue weighted by Gasteiger charge is 2.32. The predicted octanol–water partition coefficient (Wildman–Crippen LogP) is 4.70. The maximum absolute atomic E-state index is 15.6. The van der Waals surface area contributed by atoms with Gasteiger partial charge >= 0.3 is 5.97 Å². The molecule has 1 saturated heterocycles. The van der Waals surface area contributed by atoms with Crippen molar-refractivity contribution in [1.82, 2.24) is 9.47 Å². The number of halogens is 2. The van der Waals surface area contributed by atoms with Gasteiger partial charge in [0.2, 0.25) is 5.43 Å². The third-order valence-corrected chi connectivity index (χ3v) is 6.70. The van der Waals surface area contributed by atoms with Crippen LogP contribution in [-0.4, -0.2) is 53.8 Å². The standard InChI is InChI=1S/C24H29ClFN3O3/c1-3-4-5-6-18(25)20-21-16(13-19(26)22(20)28-11-9-27(2)10-12-28)23(30)17(24(31)32)14-29(21)15-7-8-15/h6,13-15H,3-5,7-12H2,1-2H3,(H,31,32)/b18-6-. The highest BCUT2D eigenvalue weighted by atomic mass is 35.5. The second kappa shape index (κ2) is 9.24. The molecule has 0 radical (unpaired) electrons. The van der Waals surface area contributed by atoms with E-state index in [0.717, 1.165) is 45.2 Å². The number of fused-ring (bicyclic) bond motifs is 1. The molecule has 2 aliphatic rings. The van der Waals surface area contributed by atoms with Crippen LogP contribution in [0.2, 0.25) is 0 Å². The van der Waals surface area contributed by atoms with Crippen LogP contribution in [0.3, 0.4) is 0 Å². The summed E-state index contributed by atoms with van der Waals surface area (Å²) in [7, 11) is 2.03. The molecule has 1 N–H and O–H groups in total. The third kappa shape index (κ3) is 4.28. The van der Waals surface area contributed by atoms with Crippen molar-refractivity contribution in [3.8, 4) is 0 Å². The van der Waals surface area contributed by atoms with Crippen molar-refractivity contribution in [1.29, 1.82) is 0 Å². The number of likely N-dealkylation sites (N-methyl/N-ethyl adjacent to an activating group) is 1. The normalized spacial score (nSPS) is 17.9. The molecule has 32 heavy (non-hydrogen) atoms. The number of unbranched alkanes of at least 4 members (excludes halogenated alkanes) is 2. The molecule has 172 valence electrons. The fourth-order valence-electron chi connectivity index (χ4n) is 4.37. The van der Waals surface area contributed by atoms with Gasteiger partial charge in [0, 0.05) is 49.0 Å². The molecule has 0 unspecified atom stereocenters. The Hall–Kier alpha value is -2.38. The number of carboxylic acid groups (broad SMARTS) is 1. The zero-order valence-corrected chi connectivity index (χ0v) is 19.3. The maximum atomic E-state index is 15.6. The summed E-state index contributed by atoms with van der Waals surface area (Å²) in [6.07, 6.45) is 7.78. The van der Waals surface area contributed by atoms with Crippen LogP contribution in [0, 0.1) is 5.82 Å². The molecule has 4 rings (SSSR count). The maximum Gasteiger partial charge on any atom is 0.341 e. The lowest BCUT2D eigenvalue weighted by molar-refractivity contribution is 0.0695. The molecule has 1 aromatic carbocycles. The Bertz CT molecular complexity index is 1130. The average Bonchev–Trinajstić information content (AvgIpc) is 3.59. The molecule has 1 aliphatic carbocycles. The summed E-state index contributed by atoms with van der Waals surface area (Å²) >= 11 is 6.82. The fraction of sp³-hybridized carbons (Fsp3) is 0.500. The SMILES string of the molecule is CCCC/C=C(\Cl)c1c(N2CCN(C)CC2)c(F)cc2c(=O)c(C(=O)O)cn(C3CC3)c12. The summed E-state index contributed by atoms with van der Waals surface area (Å²) in [5.74, 6) is -1.85. The molecule has 0 amide bonds. The number of hydrogen-bond donors (Lipinski definition) is 1. The summed E-state index contributed by atoms with van der Waals surface area (Å²) in [5.41, 5.74) is 0.430. The van der Waals surface area contributed by atoms with Gasteiger partial charge in [0.1, 0.15) is 11.4 Å². The van der Waals surface area contributed by atoms with E-state index >= 15 is 4.39 Å². The number of nitrogens with zero attached hydrogens (tertiary/aromatic N) is 3. The molecule has 8 heteroatoms. The quantitative estimate of drug-likeness (QED) is 0.605. The molecule has 0 spiro atoms. The first-order valence-corrected chi connectivity index (χ1v) is 11.7. The van der Waals surface area contributed by atoms with Gasteiger partial charge in [-0.15, -0.1) is 0 Å². The number of carbonyl (C=O) groups is 1. The lowest BCUT2D eigenvalue weighted by atomic mass is 10.0. The minimum absolute atomic E-state index is 0.0734. The topological polar surface area (TPSA) is 65.8 Å². The van der Waals surface area contributed by atoms with Crippen LogP contribution in [0.1, 0.15) is 61.0 Å². The van der Waals surface area contributed by atoms with Crippen molar-refractivity contribution in [2.24, 2.45) is 0 Å². The first-order chi connectivity index (χ1) is 15.3. The van der Waals surface area contributed by atoms with E-state index in [0.29, 0.717) is 34.9 Å². The lowest BCUT2D eigenvalue weighted by Gasteiger charge is -2.36. The number of rotatable bonds is 7. The monoisotopic (exact) mass is 461 g/mol. The molecule has 1 aliphatic heterocycles. The molecule has 0 bridgehead atoms.